The number of unbranched alkanes of at least 4 members (excludes halogenated alkanes) is 1. The number of amides is 1. The van der Waals surface area contributed by atoms with Gasteiger partial charge in [-0.2, -0.15) is 11.8 Å². The monoisotopic (exact) mass is 272 g/mol. The van der Waals surface area contributed by atoms with Gasteiger partial charge >= 0.3 is 0 Å². The van der Waals surface area contributed by atoms with Crippen LogP contribution < -0.4 is 11.3 Å². The van der Waals surface area contributed by atoms with Crippen LogP contribution in [0.25, 0.3) is 0 Å². The first-order chi connectivity index (χ1) is 8.24. The lowest BCUT2D eigenvalue weighted by Gasteiger charge is -2.04. The fourth-order valence-electron chi connectivity index (χ4n) is 1.36. The molecule has 0 aromatic heterocycles. The lowest BCUT2D eigenvalue weighted by Crippen LogP contribution is -2.29. The Labute approximate surface area is 111 Å². The first-order valence-corrected chi connectivity index (χ1v) is 7.08. The molecule has 1 aromatic carbocycles. The molecule has 1 aromatic rings. The van der Waals surface area contributed by atoms with Gasteiger partial charge in [0.25, 0.3) is 0 Å². The van der Waals surface area contributed by atoms with Crippen molar-refractivity contribution in [1.29, 1.82) is 0 Å². The van der Waals surface area contributed by atoms with Gasteiger partial charge < -0.3 is 0 Å². The predicted octanol–water partition coefficient (Wildman–Crippen LogP) is 2.73. The first kappa shape index (κ1) is 14.4. The topological polar surface area (TPSA) is 55.1 Å². The molecule has 0 bridgehead atoms. The Kier molecular flexibility index (Phi) is 7.08. The summed E-state index contributed by atoms with van der Waals surface area (Å²) >= 11 is 7.88. The van der Waals surface area contributed by atoms with Crippen LogP contribution in [0.5, 0.6) is 0 Å². The molecule has 17 heavy (non-hydrogen) atoms. The molecule has 0 radical (unpaired) electrons. The van der Waals surface area contributed by atoms with E-state index in [0.717, 1.165) is 29.4 Å². The van der Waals surface area contributed by atoms with E-state index in [0.29, 0.717) is 6.42 Å². The molecule has 0 aliphatic carbocycles. The Bertz CT molecular complexity index is 360. The minimum absolute atomic E-state index is 0.0962. The van der Waals surface area contributed by atoms with E-state index in [4.69, 9.17) is 17.4 Å². The number of rotatable bonds is 7. The number of benzene rings is 1. The molecule has 0 aliphatic rings. The predicted molar refractivity (Wildman–Crippen MR) is 73.8 cm³/mol. The summed E-state index contributed by atoms with van der Waals surface area (Å²) in [6, 6.07) is 7.87. The SMILES string of the molecule is NNC(=O)CCCCSCc1ccccc1Cl. The highest BCUT2D eigenvalue weighted by Crippen LogP contribution is 2.21. The Morgan fingerprint density at radius 3 is 2.82 bits per heavy atom. The first-order valence-electron chi connectivity index (χ1n) is 5.54. The van der Waals surface area contributed by atoms with Crippen LogP contribution in [-0.4, -0.2) is 11.7 Å². The average Bonchev–Trinajstić information content (AvgIpc) is 2.35. The summed E-state index contributed by atoms with van der Waals surface area (Å²) in [7, 11) is 0. The molecular formula is C12H17ClN2OS. The summed E-state index contributed by atoms with van der Waals surface area (Å²) < 4.78 is 0. The second-order valence-electron chi connectivity index (χ2n) is 3.67. The Hall–Kier alpha value is -0.710. The van der Waals surface area contributed by atoms with Crippen LogP contribution in [0.2, 0.25) is 5.02 Å². The van der Waals surface area contributed by atoms with E-state index in [1.807, 2.05) is 36.0 Å². The largest absolute Gasteiger partial charge is 0.294 e. The van der Waals surface area contributed by atoms with Crippen molar-refractivity contribution in [1.82, 2.24) is 5.43 Å². The van der Waals surface area contributed by atoms with Crippen molar-refractivity contribution in [3.63, 3.8) is 0 Å². The second-order valence-corrected chi connectivity index (χ2v) is 5.18. The summed E-state index contributed by atoms with van der Waals surface area (Å²) in [5.74, 6) is 6.84. The fourth-order valence-corrected chi connectivity index (χ4v) is 2.67. The summed E-state index contributed by atoms with van der Waals surface area (Å²) in [5.41, 5.74) is 3.29. The van der Waals surface area contributed by atoms with Gasteiger partial charge in [0.15, 0.2) is 0 Å². The molecule has 0 saturated heterocycles. The van der Waals surface area contributed by atoms with Gasteiger partial charge in [-0.1, -0.05) is 29.8 Å². The highest BCUT2D eigenvalue weighted by molar-refractivity contribution is 7.98. The molecule has 0 spiro atoms. The molecule has 0 saturated carbocycles. The molecule has 0 fully saturated rings. The van der Waals surface area contributed by atoms with E-state index in [1.165, 1.54) is 5.56 Å². The average molecular weight is 273 g/mol. The number of hydrogen-bond donors (Lipinski definition) is 2. The van der Waals surface area contributed by atoms with Crippen LogP contribution in [0, 0.1) is 0 Å². The van der Waals surface area contributed by atoms with Crippen molar-refractivity contribution in [2.45, 2.75) is 25.0 Å². The number of nitrogens with one attached hydrogen (secondary N) is 1. The number of halogens is 1. The van der Waals surface area contributed by atoms with Gasteiger partial charge in [-0.15, -0.1) is 0 Å². The number of hydrogen-bond acceptors (Lipinski definition) is 3. The van der Waals surface area contributed by atoms with E-state index < -0.39 is 0 Å². The van der Waals surface area contributed by atoms with Gasteiger partial charge in [-0.3, -0.25) is 10.2 Å². The molecule has 3 nitrogen and oxygen atoms in total. The van der Waals surface area contributed by atoms with E-state index >= 15 is 0 Å². The molecule has 94 valence electrons. The summed E-state index contributed by atoms with van der Waals surface area (Å²) in [6.45, 7) is 0. The molecule has 0 heterocycles. The summed E-state index contributed by atoms with van der Waals surface area (Å²) in [5, 5.41) is 0.822. The zero-order valence-corrected chi connectivity index (χ0v) is 11.2. The molecule has 3 N–H and O–H groups in total. The lowest BCUT2D eigenvalue weighted by atomic mass is 10.2. The van der Waals surface area contributed by atoms with Crippen molar-refractivity contribution in [2.75, 3.05) is 5.75 Å². The third-order valence-electron chi connectivity index (χ3n) is 2.32. The standard InChI is InChI=1S/C12H17ClN2OS/c13-11-6-2-1-5-10(11)9-17-8-4-3-7-12(16)15-14/h1-2,5-6H,3-4,7-9,14H2,(H,15,16). The highest BCUT2D eigenvalue weighted by atomic mass is 35.5. The van der Waals surface area contributed by atoms with Gasteiger partial charge in [-0.05, 0) is 30.2 Å². The molecule has 0 unspecified atom stereocenters. The van der Waals surface area contributed by atoms with Crippen molar-refractivity contribution in [3.05, 3.63) is 34.9 Å². The van der Waals surface area contributed by atoms with Crippen LogP contribution in [0.4, 0.5) is 0 Å². The van der Waals surface area contributed by atoms with Crippen LogP contribution >= 0.6 is 23.4 Å². The minimum atomic E-state index is -0.0962. The van der Waals surface area contributed by atoms with Gasteiger partial charge in [0.05, 0.1) is 0 Å². The highest BCUT2D eigenvalue weighted by Gasteiger charge is 2.00. The summed E-state index contributed by atoms with van der Waals surface area (Å²) in [4.78, 5) is 10.9. The van der Waals surface area contributed by atoms with Crippen LogP contribution in [0.1, 0.15) is 24.8 Å². The van der Waals surface area contributed by atoms with Crippen molar-refractivity contribution >= 4 is 29.3 Å². The van der Waals surface area contributed by atoms with Gasteiger partial charge in [-0.25, -0.2) is 5.84 Å². The third-order valence-corrected chi connectivity index (χ3v) is 3.78. The van der Waals surface area contributed by atoms with Crippen LogP contribution in [0.15, 0.2) is 24.3 Å². The Balaban J connectivity index is 2.09. The number of carbonyl (C=O) groups is 1. The fraction of sp³-hybridized carbons (Fsp3) is 0.417. The summed E-state index contributed by atoms with van der Waals surface area (Å²) in [6.07, 6.45) is 2.39. The smallest absolute Gasteiger partial charge is 0.233 e. The van der Waals surface area contributed by atoms with Crippen LogP contribution in [0.3, 0.4) is 0 Å². The zero-order chi connectivity index (χ0) is 12.5. The Morgan fingerprint density at radius 2 is 2.12 bits per heavy atom. The maximum atomic E-state index is 10.9. The van der Waals surface area contributed by atoms with Crippen molar-refractivity contribution in [3.8, 4) is 0 Å². The van der Waals surface area contributed by atoms with Gasteiger partial charge in [0.2, 0.25) is 5.91 Å². The molecule has 0 aliphatic heterocycles. The normalized spacial score (nSPS) is 10.2. The molecule has 1 rings (SSSR count). The van der Waals surface area contributed by atoms with E-state index in [2.05, 4.69) is 5.43 Å². The Morgan fingerprint density at radius 1 is 1.35 bits per heavy atom. The maximum Gasteiger partial charge on any atom is 0.233 e. The molecule has 1 amide bonds. The quantitative estimate of drug-likeness (QED) is 0.347. The molecule has 0 atom stereocenters. The number of nitrogens with two attached hydrogens (primary N) is 1. The van der Waals surface area contributed by atoms with Crippen LogP contribution in [-0.2, 0) is 10.5 Å². The van der Waals surface area contributed by atoms with Crippen molar-refractivity contribution in [2.24, 2.45) is 5.84 Å². The zero-order valence-electron chi connectivity index (χ0n) is 9.62. The second kappa shape index (κ2) is 8.39. The van der Waals surface area contributed by atoms with E-state index in [9.17, 15) is 4.79 Å². The lowest BCUT2D eigenvalue weighted by molar-refractivity contribution is -0.121. The molecular weight excluding hydrogens is 256 g/mol. The number of carbonyl (C=O) groups excluding carboxylic acids is 1. The number of hydrazine groups is 1. The van der Waals surface area contributed by atoms with E-state index in [-0.39, 0.29) is 5.91 Å². The van der Waals surface area contributed by atoms with Crippen molar-refractivity contribution < 1.29 is 4.79 Å². The van der Waals surface area contributed by atoms with Gasteiger partial charge in [0, 0.05) is 17.2 Å². The van der Waals surface area contributed by atoms with Gasteiger partial charge in [0.1, 0.15) is 0 Å². The van der Waals surface area contributed by atoms with E-state index in [1.54, 1.807) is 0 Å². The molecule has 5 heteroatoms. The number of thioether (sulfide) groups is 1. The third kappa shape index (κ3) is 5.96. The maximum absolute atomic E-state index is 10.9. The minimum Gasteiger partial charge on any atom is -0.294 e.